The fraction of sp³-hybridized carbons (Fsp3) is 0.316. The predicted molar refractivity (Wildman–Crippen MR) is 101 cm³/mol. The molecule has 134 valence electrons. The fourth-order valence-electron chi connectivity index (χ4n) is 3.31. The second-order valence-corrected chi connectivity index (χ2v) is 7.47. The highest BCUT2D eigenvalue weighted by molar-refractivity contribution is 7.10. The van der Waals surface area contributed by atoms with Crippen molar-refractivity contribution in [1.29, 1.82) is 0 Å². The molecular weight excluding hydrogens is 348 g/mol. The number of H-pyrrole nitrogens is 1. The number of aromatic amines is 1. The van der Waals surface area contributed by atoms with Crippen LogP contribution in [0.15, 0.2) is 42.0 Å². The topological polar surface area (TPSA) is 69.3 Å². The fourth-order valence-corrected chi connectivity index (χ4v) is 4.09. The highest BCUT2D eigenvalue weighted by atomic mass is 32.1. The van der Waals surface area contributed by atoms with E-state index in [1.807, 2.05) is 52.4 Å². The second-order valence-electron chi connectivity index (χ2n) is 6.49. The molecule has 1 saturated heterocycles. The van der Waals surface area contributed by atoms with E-state index in [9.17, 15) is 9.59 Å². The van der Waals surface area contributed by atoms with Crippen molar-refractivity contribution < 1.29 is 9.59 Å². The summed E-state index contributed by atoms with van der Waals surface area (Å²) in [4.78, 5) is 37.4. The zero-order chi connectivity index (χ0) is 18.1. The van der Waals surface area contributed by atoms with Crippen LogP contribution in [0.3, 0.4) is 0 Å². The Morgan fingerprint density at radius 3 is 2.65 bits per heavy atom. The third kappa shape index (κ3) is 3.10. The predicted octanol–water partition coefficient (Wildman–Crippen LogP) is 2.71. The van der Waals surface area contributed by atoms with Gasteiger partial charge in [-0.15, -0.1) is 11.3 Å². The largest absolute Gasteiger partial charge is 0.345 e. The molecule has 1 N–H and O–H groups in total. The Kier molecular flexibility index (Phi) is 4.46. The third-order valence-electron chi connectivity index (χ3n) is 4.89. The van der Waals surface area contributed by atoms with Crippen molar-refractivity contribution in [3.63, 3.8) is 0 Å². The van der Waals surface area contributed by atoms with Crippen LogP contribution in [0.4, 0.5) is 0 Å². The number of aromatic nitrogens is 2. The van der Waals surface area contributed by atoms with Crippen molar-refractivity contribution in [1.82, 2.24) is 19.8 Å². The molecule has 4 rings (SSSR count). The number of hydrogen-bond donors (Lipinski definition) is 1. The number of nitrogens with one attached hydrogen (secondary N) is 1. The summed E-state index contributed by atoms with van der Waals surface area (Å²) >= 11 is 1.61. The average Bonchev–Trinajstić information content (AvgIpc) is 3.37. The van der Waals surface area contributed by atoms with Gasteiger partial charge in [-0.2, -0.15) is 0 Å². The first-order chi connectivity index (χ1) is 12.6. The maximum Gasteiger partial charge on any atom is 0.254 e. The molecule has 1 unspecified atom stereocenters. The Hall–Kier alpha value is -2.67. The molecule has 1 fully saturated rings. The van der Waals surface area contributed by atoms with Crippen molar-refractivity contribution in [2.24, 2.45) is 0 Å². The van der Waals surface area contributed by atoms with Crippen LogP contribution in [0.2, 0.25) is 0 Å². The number of benzene rings is 1. The average molecular weight is 368 g/mol. The highest BCUT2D eigenvalue weighted by Crippen LogP contribution is 2.23. The molecular formula is C19H20N4O2S. The Labute approximate surface area is 155 Å². The SMILES string of the molecule is CC(C(=O)N1CCN(C(=O)c2ccc3nc[nH]c3c2)CC1)c1cccs1. The van der Waals surface area contributed by atoms with E-state index < -0.39 is 0 Å². The summed E-state index contributed by atoms with van der Waals surface area (Å²) < 4.78 is 0. The van der Waals surface area contributed by atoms with Gasteiger partial charge >= 0.3 is 0 Å². The molecule has 2 amide bonds. The maximum absolute atomic E-state index is 12.8. The summed E-state index contributed by atoms with van der Waals surface area (Å²) in [6.45, 7) is 4.22. The number of carbonyl (C=O) groups excluding carboxylic acids is 2. The first-order valence-electron chi connectivity index (χ1n) is 8.68. The summed E-state index contributed by atoms with van der Waals surface area (Å²) in [7, 11) is 0. The van der Waals surface area contributed by atoms with Crippen molar-refractivity contribution in [2.75, 3.05) is 26.2 Å². The molecule has 0 bridgehead atoms. The lowest BCUT2D eigenvalue weighted by molar-refractivity contribution is -0.133. The van der Waals surface area contributed by atoms with Gasteiger partial charge in [-0.25, -0.2) is 4.98 Å². The lowest BCUT2D eigenvalue weighted by Gasteiger charge is -2.36. The first-order valence-corrected chi connectivity index (χ1v) is 9.56. The second kappa shape index (κ2) is 6.92. The number of nitrogens with zero attached hydrogens (tertiary/aromatic N) is 3. The van der Waals surface area contributed by atoms with Gasteiger partial charge < -0.3 is 14.8 Å². The molecule has 0 saturated carbocycles. The van der Waals surface area contributed by atoms with Gasteiger partial charge in [-0.05, 0) is 36.6 Å². The van der Waals surface area contributed by atoms with Crippen LogP contribution in [-0.2, 0) is 4.79 Å². The van der Waals surface area contributed by atoms with Crippen molar-refractivity contribution in [3.8, 4) is 0 Å². The Balaban J connectivity index is 1.39. The van der Waals surface area contributed by atoms with E-state index in [4.69, 9.17) is 0 Å². The van der Waals surface area contributed by atoms with Gasteiger partial charge in [0.25, 0.3) is 5.91 Å². The normalized spacial score (nSPS) is 16.0. The Bertz CT molecular complexity index is 926. The molecule has 0 aliphatic carbocycles. The van der Waals surface area contributed by atoms with Gasteiger partial charge in [0.05, 0.1) is 23.3 Å². The van der Waals surface area contributed by atoms with E-state index in [-0.39, 0.29) is 17.7 Å². The van der Waals surface area contributed by atoms with Gasteiger partial charge in [0, 0.05) is 36.6 Å². The van der Waals surface area contributed by atoms with E-state index in [2.05, 4.69) is 9.97 Å². The summed E-state index contributed by atoms with van der Waals surface area (Å²) in [5.41, 5.74) is 2.35. The third-order valence-corrected chi connectivity index (χ3v) is 5.94. The van der Waals surface area contributed by atoms with Crippen LogP contribution < -0.4 is 0 Å². The van der Waals surface area contributed by atoms with Gasteiger partial charge in [-0.1, -0.05) is 6.07 Å². The van der Waals surface area contributed by atoms with Crippen LogP contribution in [-0.4, -0.2) is 57.8 Å². The molecule has 7 heteroatoms. The van der Waals surface area contributed by atoms with Crippen LogP contribution in [0, 0.1) is 0 Å². The number of hydrogen-bond acceptors (Lipinski definition) is 4. The molecule has 3 aromatic rings. The Morgan fingerprint density at radius 2 is 1.92 bits per heavy atom. The lowest BCUT2D eigenvalue weighted by atomic mass is 10.1. The van der Waals surface area contributed by atoms with E-state index in [1.165, 1.54) is 0 Å². The molecule has 3 heterocycles. The van der Waals surface area contributed by atoms with Crippen LogP contribution in [0.5, 0.6) is 0 Å². The number of carbonyl (C=O) groups is 2. The van der Waals surface area contributed by atoms with Gasteiger partial charge in [-0.3, -0.25) is 9.59 Å². The first kappa shape index (κ1) is 16.8. The smallest absolute Gasteiger partial charge is 0.254 e. The summed E-state index contributed by atoms with van der Waals surface area (Å²) in [6.07, 6.45) is 1.62. The van der Waals surface area contributed by atoms with E-state index >= 15 is 0 Å². The number of rotatable bonds is 3. The summed E-state index contributed by atoms with van der Waals surface area (Å²) in [5, 5.41) is 1.99. The van der Waals surface area contributed by atoms with Gasteiger partial charge in [0.15, 0.2) is 0 Å². The molecule has 1 aliphatic rings. The van der Waals surface area contributed by atoms with Crippen LogP contribution >= 0.6 is 11.3 Å². The minimum Gasteiger partial charge on any atom is -0.345 e. The molecule has 0 spiro atoms. The van der Waals surface area contributed by atoms with Crippen LogP contribution in [0.25, 0.3) is 11.0 Å². The number of fused-ring (bicyclic) bond motifs is 1. The molecule has 26 heavy (non-hydrogen) atoms. The van der Waals surface area contributed by atoms with E-state index in [1.54, 1.807) is 17.7 Å². The molecule has 1 aromatic carbocycles. The number of imidazole rings is 1. The number of thiophene rings is 1. The minimum atomic E-state index is -0.125. The summed E-state index contributed by atoms with van der Waals surface area (Å²) in [6, 6.07) is 9.46. The number of piperazine rings is 1. The number of amides is 2. The molecule has 1 atom stereocenters. The van der Waals surface area contributed by atoms with E-state index in [0.29, 0.717) is 31.7 Å². The quantitative estimate of drug-likeness (QED) is 0.773. The van der Waals surface area contributed by atoms with Crippen LogP contribution in [0.1, 0.15) is 28.1 Å². The van der Waals surface area contributed by atoms with Crippen molar-refractivity contribution in [3.05, 3.63) is 52.5 Å². The zero-order valence-electron chi connectivity index (χ0n) is 14.5. The zero-order valence-corrected chi connectivity index (χ0v) is 15.3. The Morgan fingerprint density at radius 1 is 1.15 bits per heavy atom. The maximum atomic E-state index is 12.8. The standard InChI is InChI=1S/C19H20N4O2S/c1-13(17-3-2-10-26-17)18(24)22-6-8-23(9-7-22)19(25)14-4-5-15-16(11-14)21-12-20-15/h2-5,10-13H,6-9H2,1H3,(H,20,21). The minimum absolute atomic E-state index is 0.0000887. The molecule has 0 radical (unpaired) electrons. The molecule has 2 aromatic heterocycles. The highest BCUT2D eigenvalue weighted by Gasteiger charge is 2.28. The van der Waals surface area contributed by atoms with E-state index in [0.717, 1.165) is 15.9 Å². The monoisotopic (exact) mass is 368 g/mol. The van der Waals surface area contributed by atoms with Crippen molar-refractivity contribution in [2.45, 2.75) is 12.8 Å². The molecule has 6 nitrogen and oxygen atoms in total. The van der Waals surface area contributed by atoms with Gasteiger partial charge in [0.1, 0.15) is 0 Å². The molecule has 1 aliphatic heterocycles. The summed E-state index contributed by atoms with van der Waals surface area (Å²) in [5.74, 6) is 0.0124. The van der Waals surface area contributed by atoms with Crippen molar-refractivity contribution >= 4 is 34.2 Å². The van der Waals surface area contributed by atoms with Gasteiger partial charge in [0.2, 0.25) is 5.91 Å². The lowest BCUT2D eigenvalue weighted by Crippen LogP contribution is -2.51.